The standard InChI is InChI=1S/2C32H52O3S.Ba/c2*1-3-5-7-9-11-13-15-17-19-23-28-27-29-24-21-22-26-31(29)32(36(33,34)35)30(28)25-20-18-16-14-12-10-8-6-4-2;/h2*21-22,24,26-27H,3-20,23,25H2,1-2H3,(H,33,34,35);/q;;+2/p-2. The number of benzene rings is 4. The molecular weight excluding hydrogens is 1070 g/mol. The number of aryl methyl sites for hydroxylation is 2. The zero-order valence-corrected chi connectivity index (χ0v) is 53.1. The van der Waals surface area contributed by atoms with Gasteiger partial charge in [-0.15, -0.1) is 0 Å². The van der Waals surface area contributed by atoms with E-state index in [1.54, 1.807) is 12.1 Å². The summed E-state index contributed by atoms with van der Waals surface area (Å²) >= 11 is 0. The molecule has 0 aromatic heterocycles. The SMILES string of the molecule is CCCCCCCCCCCc1cc2ccccc2c(S(=O)(=O)[O-])c1CCCCCCCCCCC.CCCCCCCCCCCc1cc2ccccc2c(S(=O)(=O)[O-])c1CCCCCCCCCCC.[Ba+2]. The topological polar surface area (TPSA) is 114 Å². The van der Waals surface area contributed by atoms with Crippen LogP contribution in [-0.2, 0) is 45.9 Å². The predicted molar refractivity (Wildman–Crippen MR) is 313 cm³/mol. The first-order chi connectivity index (χ1) is 35.0. The average Bonchev–Trinajstić information content (AvgIpc) is 3.35. The van der Waals surface area contributed by atoms with Gasteiger partial charge in [0.05, 0.1) is 9.79 Å². The summed E-state index contributed by atoms with van der Waals surface area (Å²) < 4.78 is 74.7. The molecule has 9 heteroatoms. The van der Waals surface area contributed by atoms with Gasteiger partial charge in [0.25, 0.3) is 0 Å². The molecule has 0 fully saturated rings. The molecule has 0 aliphatic heterocycles. The van der Waals surface area contributed by atoms with E-state index in [1.807, 2.05) is 36.4 Å². The third-order valence-electron chi connectivity index (χ3n) is 15.1. The van der Waals surface area contributed by atoms with Crippen LogP contribution in [0.2, 0.25) is 0 Å². The fourth-order valence-corrected chi connectivity index (χ4v) is 12.8. The largest absolute Gasteiger partial charge is 2.00 e. The van der Waals surface area contributed by atoms with Gasteiger partial charge >= 0.3 is 48.9 Å². The molecule has 0 N–H and O–H groups in total. The van der Waals surface area contributed by atoms with E-state index in [2.05, 4.69) is 39.8 Å². The average molecular weight is 1170 g/mol. The van der Waals surface area contributed by atoms with Crippen LogP contribution in [0.3, 0.4) is 0 Å². The normalized spacial score (nSPS) is 11.8. The van der Waals surface area contributed by atoms with E-state index < -0.39 is 20.2 Å². The first-order valence-electron chi connectivity index (χ1n) is 30.0. The molecule has 73 heavy (non-hydrogen) atoms. The maximum Gasteiger partial charge on any atom is 2.00 e. The minimum atomic E-state index is -4.54. The minimum absolute atomic E-state index is 0. The summed E-state index contributed by atoms with van der Waals surface area (Å²) in [6.07, 6.45) is 47.9. The molecule has 0 bridgehead atoms. The molecule has 4 aromatic carbocycles. The van der Waals surface area contributed by atoms with Gasteiger partial charge in [-0.2, -0.15) is 0 Å². The quantitative estimate of drug-likeness (QED) is 0.0248. The van der Waals surface area contributed by atoms with E-state index in [-0.39, 0.29) is 58.7 Å². The van der Waals surface area contributed by atoms with Gasteiger partial charge in [-0.25, -0.2) is 16.8 Å². The van der Waals surface area contributed by atoms with Crippen LogP contribution >= 0.6 is 0 Å². The van der Waals surface area contributed by atoms with Gasteiger partial charge in [-0.3, -0.25) is 0 Å². The van der Waals surface area contributed by atoms with E-state index in [0.717, 1.165) is 97.2 Å². The fourth-order valence-electron chi connectivity index (χ4n) is 10.9. The van der Waals surface area contributed by atoms with Crippen molar-refractivity contribution in [2.75, 3.05) is 0 Å². The van der Waals surface area contributed by atoms with Crippen molar-refractivity contribution < 1.29 is 25.9 Å². The third kappa shape index (κ3) is 28.3. The second-order valence-electron chi connectivity index (χ2n) is 21.4. The third-order valence-corrected chi connectivity index (χ3v) is 17.0. The Bertz CT molecular complexity index is 2100. The summed E-state index contributed by atoms with van der Waals surface area (Å²) in [5, 5.41) is 2.92. The van der Waals surface area contributed by atoms with Gasteiger partial charge in [-0.1, -0.05) is 294 Å². The second kappa shape index (κ2) is 41.8. The van der Waals surface area contributed by atoms with Gasteiger partial charge in [0.2, 0.25) is 0 Å². The number of fused-ring (bicyclic) bond motifs is 2. The second-order valence-corrected chi connectivity index (χ2v) is 24.0. The fraction of sp³-hybridized carbons (Fsp3) is 0.688. The number of rotatable bonds is 42. The van der Waals surface area contributed by atoms with Crippen molar-refractivity contribution >= 4 is 90.7 Å². The molecule has 4 aromatic rings. The minimum Gasteiger partial charge on any atom is -0.744 e. The van der Waals surface area contributed by atoms with Crippen LogP contribution in [0.5, 0.6) is 0 Å². The maximum absolute atomic E-state index is 12.4. The Morgan fingerprint density at radius 1 is 0.315 bits per heavy atom. The summed E-state index contributed by atoms with van der Waals surface area (Å²) in [5.74, 6) is 0. The Morgan fingerprint density at radius 3 is 0.781 bits per heavy atom. The molecule has 4 rings (SSSR count). The molecule has 0 spiro atoms. The summed E-state index contributed by atoms with van der Waals surface area (Å²) in [6, 6.07) is 19.3. The zero-order chi connectivity index (χ0) is 52.1. The van der Waals surface area contributed by atoms with Gasteiger partial charge < -0.3 is 9.11 Å². The molecule has 0 amide bonds. The van der Waals surface area contributed by atoms with Crippen LogP contribution in [-0.4, -0.2) is 74.8 Å². The molecular formula is C64H102BaO6S2. The number of unbranched alkanes of at least 4 members (excludes halogenated alkanes) is 32. The molecule has 0 heterocycles. The Kier molecular flexibility index (Phi) is 38.9. The molecule has 0 aliphatic carbocycles. The summed E-state index contributed by atoms with van der Waals surface area (Å²) in [7, 11) is -9.09. The van der Waals surface area contributed by atoms with Crippen molar-refractivity contribution in [3.8, 4) is 0 Å². The summed E-state index contributed by atoms with van der Waals surface area (Å²) in [6.45, 7) is 8.99. The molecule has 0 aliphatic rings. The van der Waals surface area contributed by atoms with Crippen LogP contribution in [0.15, 0.2) is 70.5 Å². The van der Waals surface area contributed by atoms with Crippen molar-refractivity contribution in [2.45, 2.75) is 294 Å². The summed E-state index contributed by atoms with van der Waals surface area (Å²) in [4.78, 5) is 0.0946. The van der Waals surface area contributed by atoms with Crippen molar-refractivity contribution in [1.82, 2.24) is 0 Å². The van der Waals surface area contributed by atoms with Crippen LogP contribution < -0.4 is 0 Å². The van der Waals surface area contributed by atoms with Crippen LogP contribution in [0.4, 0.5) is 0 Å². The van der Waals surface area contributed by atoms with Gasteiger partial charge in [-0.05, 0) is 95.2 Å². The van der Waals surface area contributed by atoms with Crippen molar-refractivity contribution in [1.29, 1.82) is 0 Å². The molecule has 0 radical (unpaired) electrons. The van der Waals surface area contributed by atoms with E-state index in [9.17, 15) is 25.9 Å². The van der Waals surface area contributed by atoms with Crippen LogP contribution in [0.25, 0.3) is 21.5 Å². The molecule has 0 saturated heterocycles. The Balaban J connectivity index is 0.000000493. The van der Waals surface area contributed by atoms with Gasteiger partial charge in [0, 0.05) is 0 Å². The Labute approximate surface area is 489 Å². The molecule has 0 atom stereocenters. The smallest absolute Gasteiger partial charge is 0.744 e. The molecule has 6 nitrogen and oxygen atoms in total. The molecule has 0 saturated carbocycles. The van der Waals surface area contributed by atoms with E-state index in [4.69, 9.17) is 0 Å². The van der Waals surface area contributed by atoms with Crippen molar-refractivity contribution in [3.63, 3.8) is 0 Å². The Hall–Kier alpha value is -1.21. The van der Waals surface area contributed by atoms with Gasteiger partial charge in [0.15, 0.2) is 0 Å². The van der Waals surface area contributed by atoms with E-state index in [1.165, 1.54) is 180 Å². The van der Waals surface area contributed by atoms with Crippen LogP contribution in [0, 0.1) is 0 Å². The van der Waals surface area contributed by atoms with Crippen molar-refractivity contribution in [3.05, 3.63) is 82.9 Å². The molecule has 408 valence electrons. The van der Waals surface area contributed by atoms with E-state index in [0.29, 0.717) is 23.6 Å². The molecule has 0 unspecified atom stereocenters. The number of hydrogen-bond donors (Lipinski definition) is 0. The predicted octanol–water partition coefficient (Wildman–Crippen LogP) is 19.4. The first-order valence-corrected chi connectivity index (χ1v) is 32.8. The Morgan fingerprint density at radius 2 is 0.534 bits per heavy atom. The monoisotopic (exact) mass is 1170 g/mol. The van der Waals surface area contributed by atoms with Crippen molar-refractivity contribution in [2.24, 2.45) is 0 Å². The van der Waals surface area contributed by atoms with Crippen LogP contribution in [0.1, 0.15) is 281 Å². The van der Waals surface area contributed by atoms with Gasteiger partial charge in [0.1, 0.15) is 20.2 Å². The maximum atomic E-state index is 12.4. The zero-order valence-electron chi connectivity index (χ0n) is 47.0. The number of hydrogen-bond acceptors (Lipinski definition) is 6. The van der Waals surface area contributed by atoms with E-state index >= 15 is 0 Å². The first kappa shape index (κ1) is 67.9. The summed E-state index contributed by atoms with van der Waals surface area (Å²) in [5.41, 5.74) is 3.74.